The maximum Gasteiger partial charge on any atom is 0.416 e. The highest BCUT2D eigenvalue weighted by Crippen LogP contribution is 2.32. The van der Waals surface area contributed by atoms with E-state index in [0.29, 0.717) is 0 Å². The van der Waals surface area contributed by atoms with Gasteiger partial charge in [0.15, 0.2) is 0 Å². The van der Waals surface area contributed by atoms with Gasteiger partial charge in [0.25, 0.3) is 5.56 Å². The number of benzene rings is 1. The minimum absolute atomic E-state index is 0.0220. The van der Waals surface area contributed by atoms with Gasteiger partial charge in [0, 0.05) is 5.39 Å². The van der Waals surface area contributed by atoms with Crippen LogP contribution in [0.5, 0.6) is 0 Å². The lowest BCUT2D eigenvalue weighted by atomic mass is 10.1. The lowest BCUT2D eigenvalue weighted by Crippen LogP contribution is -2.27. The Morgan fingerprint density at radius 3 is 2.62 bits per heavy atom. The van der Waals surface area contributed by atoms with E-state index in [2.05, 4.69) is 25.8 Å². The highest BCUT2D eigenvalue weighted by atomic mass is 79.9. The van der Waals surface area contributed by atoms with Gasteiger partial charge in [-0.3, -0.25) is 9.59 Å². The largest absolute Gasteiger partial charge is 0.468 e. The van der Waals surface area contributed by atoms with E-state index in [1.165, 1.54) is 0 Å². The Bertz CT molecular complexity index is 771. The number of carbonyl (C=O) groups excluding carboxylic acids is 1. The van der Waals surface area contributed by atoms with Gasteiger partial charge in [-0.25, -0.2) is 4.68 Å². The molecule has 1 aromatic heterocycles. The van der Waals surface area contributed by atoms with Gasteiger partial charge in [0.05, 0.1) is 18.1 Å². The first kappa shape index (κ1) is 15.5. The third kappa shape index (κ3) is 3.07. The summed E-state index contributed by atoms with van der Waals surface area (Å²) < 4.78 is 43.3. The summed E-state index contributed by atoms with van der Waals surface area (Å²) in [5.74, 6) is -0.692. The molecule has 0 bridgehead atoms. The molecule has 0 N–H and O–H groups in total. The topological polar surface area (TPSA) is 61.2 Å². The summed E-state index contributed by atoms with van der Waals surface area (Å²) in [5, 5.41) is 3.81. The third-order valence-electron chi connectivity index (χ3n) is 2.75. The highest BCUT2D eigenvalue weighted by Gasteiger charge is 2.31. The Balaban J connectivity index is 2.64. The third-order valence-corrected chi connectivity index (χ3v) is 3.33. The van der Waals surface area contributed by atoms with E-state index in [4.69, 9.17) is 0 Å². The van der Waals surface area contributed by atoms with Crippen LogP contribution in [0.15, 0.2) is 27.6 Å². The van der Waals surface area contributed by atoms with Crippen molar-refractivity contribution < 1.29 is 22.7 Å². The smallest absolute Gasteiger partial charge is 0.416 e. The van der Waals surface area contributed by atoms with Crippen molar-refractivity contribution in [3.05, 3.63) is 38.7 Å². The van der Waals surface area contributed by atoms with Crippen molar-refractivity contribution in [2.45, 2.75) is 12.7 Å². The first-order valence-electron chi connectivity index (χ1n) is 5.58. The second-order valence-corrected chi connectivity index (χ2v) is 4.84. The second kappa shape index (κ2) is 5.47. The van der Waals surface area contributed by atoms with Crippen LogP contribution in [0, 0.1) is 0 Å². The van der Waals surface area contributed by atoms with Crippen molar-refractivity contribution in [2.75, 3.05) is 7.11 Å². The number of hydrogen-bond acceptors (Lipinski definition) is 4. The van der Waals surface area contributed by atoms with Crippen LogP contribution in [0.4, 0.5) is 13.2 Å². The molecule has 0 aliphatic rings. The van der Waals surface area contributed by atoms with Crippen molar-refractivity contribution in [3.8, 4) is 0 Å². The molecule has 2 rings (SSSR count). The fourth-order valence-corrected chi connectivity index (χ4v) is 2.24. The summed E-state index contributed by atoms with van der Waals surface area (Å²) in [5.41, 5.74) is -1.56. The van der Waals surface area contributed by atoms with Crippen LogP contribution < -0.4 is 5.56 Å². The standard InChI is InChI=1S/C12H8BrF3N2O3/c1-21-9(19)5-18-11(20)7-3-2-6(12(14,15)16)4-8(7)10(13)17-18/h2-4H,5H2,1H3. The van der Waals surface area contributed by atoms with E-state index >= 15 is 0 Å². The van der Waals surface area contributed by atoms with Crippen molar-refractivity contribution in [2.24, 2.45) is 0 Å². The zero-order chi connectivity index (χ0) is 15.8. The van der Waals surface area contributed by atoms with E-state index in [1.807, 2.05) is 0 Å². The molecule has 1 heterocycles. The number of nitrogens with zero attached hydrogens (tertiary/aromatic N) is 2. The molecule has 0 amide bonds. The van der Waals surface area contributed by atoms with E-state index in [1.54, 1.807) is 0 Å². The molecule has 0 saturated carbocycles. The van der Waals surface area contributed by atoms with Gasteiger partial charge in [0.1, 0.15) is 11.1 Å². The number of methoxy groups -OCH3 is 1. The average Bonchev–Trinajstić information content (AvgIpc) is 2.42. The molecule has 0 aliphatic carbocycles. The summed E-state index contributed by atoms with van der Waals surface area (Å²) in [6.45, 7) is -0.426. The molecular formula is C12H8BrF3N2O3. The Morgan fingerprint density at radius 1 is 1.38 bits per heavy atom. The van der Waals surface area contributed by atoms with Gasteiger partial charge in [-0.15, -0.1) is 0 Å². The predicted molar refractivity (Wildman–Crippen MR) is 70.7 cm³/mol. The van der Waals surface area contributed by atoms with Crippen LogP contribution in [0.25, 0.3) is 10.8 Å². The number of carbonyl (C=O) groups is 1. The quantitative estimate of drug-likeness (QED) is 0.767. The maximum absolute atomic E-state index is 12.7. The molecule has 0 atom stereocenters. The fourth-order valence-electron chi connectivity index (χ4n) is 1.72. The molecule has 9 heteroatoms. The Labute approximate surface area is 124 Å². The van der Waals surface area contributed by atoms with Crippen molar-refractivity contribution in [1.29, 1.82) is 0 Å². The average molecular weight is 365 g/mol. The van der Waals surface area contributed by atoms with Crippen LogP contribution in [0.3, 0.4) is 0 Å². The molecule has 0 saturated heterocycles. The van der Waals surface area contributed by atoms with Crippen LogP contribution in [0.1, 0.15) is 5.56 Å². The van der Waals surface area contributed by atoms with Gasteiger partial charge < -0.3 is 4.74 Å². The van der Waals surface area contributed by atoms with E-state index < -0.39 is 29.8 Å². The second-order valence-electron chi connectivity index (χ2n) is 4.09. The lowest BCUT2D eigenvalue weighted by Gasteiger charge is -2.10. The maximum atomic E-state index is 12.7. The summed E-state index contributed by atoms with van der Waals surface area (Å²) in [6.07, 6.45) is -4.52. The number of hydrogen-bond donors (Lipinski definition) is 0. The van der Waals surface area contributed by atoms with Crippen LogP contribution in [0.2, 0.25) is 0 Å². The molecule has 1 aromatic carbocycles. The zero-order valence-electron chi connectivity index (χ0n) is 10.6. The summed E-state index contributed by atoms with van der Waals surface area (Å²) >= 11 is 3.00. The van der Waals surface area contributed by atoms with Crippen molar-refractivity contribution in [3.63, 3.8) is 0 Å². The molecule has 0 unspecified atom stereocenters. The van der Waals surface area contributed by atoms with Gasteiger partial charge in [-0.2, -0.15) is 18.3 Å². The number of rotatable bonds is 2. The minimum atomic E-state index is -4.52. The van der Waals surface area contributed by atoms with Crippen molar-refractivity contribution in [1.82, 2.24) is 9.78 Å². The number of ether oxygens (including phenoxy) is 1. The first-order chi connectivity index (χ1) is 9.74. The van der Waals surface area contributed by atoms with Crippen LogP contribution in [-0.2, 0) is 22.3 Å². The molecule has 5 nitrogen and oxygen atoms in total. The zero-order valence-corrected chi connectivity index (χ0v) is 12.2. The Hall–Kier alpha value is -1.90. The molecular weight excluding hydrogens is 357 g/mol. The molecule has 0 radical (unpaired) electrons. The fraction of sp³-hybridized carbons (Fsp3) is 0.250. The van der Waals surface area contributed by atoms with Crippen LogP contribution in [-0.4, -0.2) is 22.9 Å². The molecule has 0 aliphatic heterocycles. The number of alkyl halides is 3. The Kier molecular flexibility index (Phi) is 4.04. The summed E-state index contributed by atoms with van der Waals surface area (Å²) in [6, 6.07) is 2.69. The lowest BCUT2D eigenvalue weighted by molar-refractivity contribution is -0.141. The normalized spacial score (nSPS) is 11.7. The van der Waals surface area contributed by atoms with E-state index in [-0.39, 0.29) is 15.4 Å². The monoisotopic (exact) mass is 364 g/mol. The molecule has 0 fully saturated rings. The summed E-state index contributed by atoms with van der Waals surface area (Å²) in [4.78, 5) is 23.3. The van der Waals surface area contributed by atoms with Crippen LogP contribution >= 0.6 is 15.9 Å². The first-order valence-corrected chi connectivity index (χ1v) is 6.37. The van der Waals surface area contributed by atoms with Gasteiger partial charge in [-0.1, -0.05) is 0 Å². The number of fused-ring (bicyclic) bond motifs is 1. The van der Waals surface area contributed by atoms with Gasteiger partial charge in [0.2, 0.25) is 0 Å². The number of aromatic nitrogens is 2. The van der Waals surface area contributed by atoms with Crippen molar-refractivity contribution >= 4 is 32.7 Å². The minimum Gasteiger partial charge on any atom is -0.468 e. The van der Waals surface area contributed by atoms with E-state index in [9.17, 15) is 22.8 Å². The van der Waals surface area contributed by atoms with E-state index in [0.717, 1.165) is 30.0 Å². The summed E-state index contributed by atoms with van der Waals surface area (Å²) in [7, 11) is 1.15. The van der Waals surface area contributed by atoms with Gasteiger partial charge >= 0.3 is 12.1 Å². The highest BCUT2D eigenvalue weighted by molar-refractivity contribution is 9.10. The molecule has 2 aromatic rings. The van der Waals surface area contributed by atoms with Gasteiger partial charge in [-0.05, 0) is 34.1 Å². The predicted octanol–water partition coefficient (Wildman–Crippen LogP) is 2.35. The molecule has 0 spiro atoms. The molecule has 112 valence electrons. The number of halogens is 4. The molecule has 21 heavy (non-hydrogen) atoms. The number of esters is 1. The Morgan fingerprint density at radius 2 is 2.05 bits per heavy atom. The SMILES string of the molecule is COC(=O)Cn1nc(Br)c2cc(C(F)(F)F)ccc2c1=O.